The average Bonchev–Trinajstić information content (AvgIpc) is 2.60. The number of nitrogens with one attached hydrogen (secondary N) is 2. The van der Waals surface area contributed by atoms with Crippen LogP contribution in [0.25, 0.3) is 6.08 Å². The molecule has 0 saturated carbocycles. The maximum absolute atomic E-state index is 11.7. The molecule has 0 aromatic heterocycles. The molecular weight excluding hydrogens is 415 g/mol. The van der Waals surface area contributed by atoms with Gasteiger partial charge in [-0.1, -0.05) is 46.9 Å². The zero-order chi connectivity index (χ0) is 19.6. The molecule has 0 radical (unpaired) electrons. The van der Waals surface area contributed by atoms with Gasteiger partial charge in [0, 0.05) is 0 Å². The van der Waals surface area contributed by atoms with E-state index in [2.05, 4.69) is 0 Å². The van der Waals surface area contributed by atoms with Crippen molar-refractivity contribution in [2.24, 2.45) is 0 Å². The number of imide groups is 2. The van der Waals surface area contributed by atoms with Gasteiger partial charge in [0.05, 0.1) is 15.1 Å². The molecule has 2 aromatic rings. The van der Waals surface area contributed by atoms with Crippen LogP contribution in [0.1, 0.15) is 11.1 Å². The Morgan fingerprint density at radius 2 is 1.56 bits per heavy atom. The highest BCUT2D eigenvalue weighted by Gasteiger charge is 2.27. The highest BCUT2D eigenvalue weighted by atomic mass is 35.5. The minimum atomic E-state index is -0.855. The molecule has 0 atom stereocenters. The number of barbiturate groups is 1. The third kappa shape index (κ3) is 4.60. The summed E-state index contributed by atoms with van der Waals surface area (Å²) in [6, 6.07) is 9.06. The van der Waals surface area contributed by atoms with Gasteiger partial charge in [0.1, 0.15) is 17.9 Å². The molecule has 2 aromatic carbocycles. The predicted molar refractivity (Wildman–Crippen MR) is 102 cm³/mol. The Bertz CT molecular complexity index is 967. The molecule has 0 unspecified atom stereocenters. The van der Waals surface area contributed by atoms with E-state index in [-0.39, 0.29) is 17.2 Å². The van der Waals surface area contributed by atoms with Crippen molar-refractivity contribution in [3.05, 3.63) is 68.2 Å². The number of urea groups is 1. The van der Waals surface area contributed by atoms with Gasteiger partial charge in [-0.05, 0) is 41.5 Å². The van der Waals surface area contributed by atoms with Crippen LogP contribution in [-0.2, 0) is 16.2 Å². The van der Waals surface area contributed by atoms with Crippen molar-refractivity contribution in [1.82, 2.24) is 10.6 Å². The zero-order valence-corrected chi connectivity index (χ0v) is 15.8. The lowest BCUT2D eigenvalue weighted by Crippen LogP contribution is -2.51. The largest absolute Gasteiger partial charge is 0.487 e. The molecule has 9 heteroatoms. The molecule has 6 nitrogen and oxygen atoms in total. The number of hydrogen-bond donors (Lipinski definition) is 2. The third-order valence-corrected chi connectivity index (χ3v) is 4.62. The Balaban J connectivity index is 1.74. The number of carbonyl (C=O) groups is 3. The molecule has 3 rings (SSSR count). The summed E-state index contributed by atoms with van der Waals surface area (Å²) in [5.41, 5.74) is 1.11. The second-order valence-corrected chi connectivity index (χ2v) is 6.74. The molecule has 27 heavy (non-hydrogen) atoms. The molecule has 4 amide bonds. The number of hydrogen-bond acceptors (Lipinski definition) is 4. The highest BCUT2D eigenvalue weighted by Crippen LogP contribution is 2.28. The SMILES string of the molecule is O=C1NC(=O)C(=Cc2ccc(OCc3ccc(Cl)c(Cl)c3)c(Cl)c2)C(=O)N1. The molecule has 1 aliphatic heterocycles. The van der Waals surface area contributed by atoms with Crippen LogP contribution in [0, 0.1) is 0 Å². The van der Waals surface area contributed by atoms with Crippen molar-refractivity contribution in [2.45, 2.75) is 6.61 Å². The van der Waals surface area contributed by atoms with E-state index in [0.29, 0.717) is 21.4 Å². The highest BCUT2D eigenvalue weighted by molar-refractivity contribution is 6.42. The van der Waals surface area contributed by atoms with Gasteiger partial charge in [0.2, 0.25) is 0 Å². The number of benzene rings is 2. The minimum Gasteiger partial charge on any atom is -0.487 e. The maximum Gasteiger partial charge on any atom is 0.328 e. The van der Waals surface area contributed by atoms with Crippen LogP contribution in [0.5, 0.6) is 5.75 Å². The van der Waals surface area contributed by atoms with Crippen molar-refractivity contribution in [1.29, 1.82) is 0 Å². The Hall–Kier alpha value is -2.54. The summed E-state index contributed by atoms with van der Waals surface area (Å²) in [6.07, 6.45) is 1.33. The molecule has 0 aliphatic carbocycles. The Morgan fingerprint density at radius 3 is 2.19 bits per heavy atom. The molecular formula is C18H11Cl3N2O4. The van der Waals surface area contributed by atoms with Crippen LogP contribution in [0.15, 0.2) is 42.0 Å². The van der Waals surface area contributed by atoms with Crippen molar-refractivity contribution >= 4 is 58.7 Å². The van der Waals surface area contributed by atoms with E-state index in [1.54, 1.807) is 30.3 Å². The number of carbonyl (C=O) groups excluding carboxylic acids is 3. The van der Waals surface area contributed by atoms with E-state index in [9.17, 15) is 14.4 Å². The van der Waals surface area contributed by atoms with Crippen LogP contribution in [0.4, 0.5) is 4.79 Å². The fourth-order valence-electron chi connectivity index (χ4n) is 2.29. The van der Waals surface area contributed by atoms with Gasteiger partial charge in [0.15, 0.2) is 0 Å². The number of amides is 4. The Morgan fingerprint density at radius 1 is 0.852 bits per heavy atom. The lowest BCUT2D eigenvalue weighted by molar-refractivity contribution is -0.123. The first-order chi connectivity index (χ1) is 12.8. The predicted octanol–water partition coefficient (Wildman–Crippen LogP) is 3.98. The molecule has 0 spiro atoms. The summed E-state index contributed by atoms with van der Waals surface area (Å²) in [5, 5.41) is 5.16. The Kier molecular flexibility index (Phi) is 5.70. The minimum absolute atomic E-state index is 0.199. The third-order valence-electron chi connectivity index (χ3n) is 3.59. The number of rotatable bonds is 4. The van der Waals surface area contributed by atoms with E-state index < -0.39 is 17.8 Å². The summed E-state index contributed by atoms with van der Waals surface area (Å²) >= 11 is 18.0. The second kappa shape index (κ2) is 8.00. The summed E-state index contributed by atoms with van der Waals surface area (Å²) in [7, 11) is 0. The van der Waals surface area contributed by atoms with Crippen molar-refractivity contribution in [3.8, 4) is 5.75 Å². The van der Waals surface area contributed by atoms with Crippen LogP contribution < -0.4 is 15.4 Å². The molecule has 2 N–H and O–H groups in total. The lowest BCUT2D eigenvalue weighted by atomic mass is 10.1. The van der Waals surface area contributed by atoms with Crippen LogP contribution in [0.3, 0.4) is 0 Å². The molecule has 138 valence electrons. The van der Waals surface area contributed by atoms with Crippen molar-refractivity contribution in [2.75, 3.05) is 0 Å². The lowest BCUT2D eigenvalue weighted by Gasteiger charge is -2.14. The smallest absolute Gasteiger partial charge is 0.328 e. The van der Waals surface area contributed by atoms with E-state index in [1.807, 2.05) is 10.6 Å². The first-order valence-corrected chi connectivity index (χ1v) is 8.71. The molecule has 1 fully saturated rings. The summed E-state index contributed by atoms with van der Waals surface area (Å²) in [5.74, 6) is -1.14. The zero-order valence-electron chi connectivity index (χ0n) is 13.5. The second-order valence-electron chi connectivity index (χ2n) is 5.52. The Labute approximate surface area is 169 Å². The summed E-state index contributed by atoms with van der Waals surface area (Å²) in [4.78, 5) is 34.6. The van der Waals surface area contributed by atoms with Gasteiger partial charge >= 0.3 is 6.03 Å². The standard InChI is InChI=1S/C18H11Cl3N2O4/c19-12-3-1-10(7-13(12)20)8-27-15-4-2-9(6-14(15)21)5-11-16(24)22-18(26)23-17(11)25/h1-7H,8H2,(H2,22,23,24,25,26). The van der Waals surface area contributed by atoms with Crippen LogP contribution in [0.2, 0.25) is 15.1 Å². The quantitative estimate of drug-likeness (QED) is 0.573. The fraction of sp³-hybridized carbons (Fsp3) is 0.0556. The maximum atomic E-state index is 11.7. The normalized spacial score (nSPS) is 13.9. The van der Waals surface area contributed by atoms with Crippen molar-refractivity contribution < 1.29 is 19.1 Å². The van der Waals surface area contributed by atoms with Gasteiger partial charge in [0.25, 0.3) is 11.8 Å². The van der Waals surface area contributed by atoms with E-state index in [0.717, 1.165) is 5.56 Å². The molecule has 1 aliphatic rings. The molecule has 1 heterocycles. The van der Waals surface area contributed by atoms with E-state index in [1.165, 1.54) is 12.1 Å². The monoisotopic (exact) mass is 424 g/mol. The summed E-state index contributed by atoms with van der Waals surface area (Å²) in [6.45, 7) is 0.226. The molecule has 0 bridgehead atoms. The van der Waals surface area contributed by atoms with E-state index >= 15 is 0 Å². The topological polar surface area (TPSA) is 84.5 Å². The summed E-state index contributed by atoms with van der Waals surface area (Å²) < 4.78 is 5.66. The van der Waals surface area contributed by atoms with Gasteiger partial charge in [-0.2, -0.15) is 0 Å². The van der Waals surface area contributed by atoms with Crippen LogP contribution in [-0.4, -0.2) is 17.8 Å². The first kappa shape index (κ1) is 19.2. The van der Waals surface area contributed by atoms with Crippen LogP contribution >= 0.6 is 34.8 Å². The fourth-order valence-corrected chi connectivity index (χ4v) is 2.85. The number of halogens is 3. The van der Waals surface area contributed by atoms with Gasteiger partial charge in [-0.25, -0.2) is 4.79 Å². The average molecular weight is 426 g/mol. The molecule has 1 saturated heterocycles. The van der Waals surface area contributed by atoms with Gasteiger partial charge in [-0.15, -0.1) is 0 Å². The van der Waals surface area contributed by atoms with Gasteiger partial charge < -0.3 is 4.74 Å². The number of ether oxygens (including phenoxy) is 1. The van der Waals surface area contributed by atoms with Crippen molar-refractivity contribution in [3.63, 3.8) is 0 Å². The van der Waals surface area contributed by atoms with Gasteiger partial charge in [-0.3, -0.25) is 20.2 Å². The first-order valence-electron chi connectivity index (χ1n) is 7.58. The van der Waals surface area contributed by atoms with E-state index in [4.69, 9.17) is 39.5 Å².